The van der Waals surface area contributed by atoms with Gasteiger partial charge in [-0.3, -0.25) is 14.9 Å². The molecule has 0 amide bonds. The Bertz CT molecular complexity index is 278. The van der Waals surface area contributed by atoms with Crippen LogP contribution in [0.25, 0.3) is 0 Å². The minimum Gasteiger partial charge on any atom is -0.295 e. The summed E-state index contributed by atoms with van der Waals surface area (Å²) in [4.78, 5) is 19.0. The van der Waals surface area contributed by atoms with E-state index < -0.39 is 4.92 Å². The van der Waals surface area contributed by atoms with Gasteiger partial charge in [-0.05, 0) is 6.92 Å². The Morgan fingerprint density at radius 2 is 1.69 bits per heavy atom. The fraction of sp³-hybridized carbons (Fsp3) is 0.222. The normalized spacial score (nSPS) is 8.15. The Kier molecular flexibility index (Phi) is 5.11. The zero-order valence-corrected chi connectivity index (χ0v) is 7.56. The first-order chi connectivity index (χ1) is 6.04. The molecular weight excluding hydrogens is 170 g/mol. The fourth-order valence-corrected chi connectivity index (χ4v) is 0.673. The molecule has 1 aromatic carbocycles. The number of nitrogens with zero attached hydrogens (tertiary/aromatic N) is 1. The number of carbonyl (C=O) groups excluding carboxylic acids is 1. The van der Waals surface area contributed by atoms with Gasteiger partial charge in [0.25, 0.3) is 0 Å². The lowest BCUT2D eigenvalue weighted by Crippen LogP contribution is -1.88. The Balaban J connectivity index is 0.000000310. The smallest absolute Gasteiger partial charge is 0.194 e. The minimum absolute atomic E-state index is 0.121. The van der Waals surface area contributed by atoms with Gasteiger partial charge in [-0.1, -0.05) is 30.3 Å². The van der Waals surface area contributed by atoms with Crippen molar-refractivity contribution in [1.29, 1.82) is 0 Å². The zero-order chi connectivity index (χ0) is 10.3. The van der Waals surface area contributed by atoms with Crippen molar-refractivity contribution in [2.24, 2.45) is 0 Å². The molecule has 0 atom stereocenters. The van der Waals surface area contributed by atoms with Gasteiger partial charge >= 0.3 is 0 Å². The Hall–Kier alpha value is -1.71. The number of hydrogen-bond acceptors (Lipinski definition) is 3. The lowest BCUT2D eigenvalue weighted by molar-refractivity contribution is -0.445. The molecule has 0 aliphatic heterocycles. The summed E-state index contributed by atoms with van der Waals surface area (Å²) < 4.78 is 0. The van der Waals surface area contributed by atoms with E-state index in [1.807, 2.05) is 30.3 Å². The van der Waals surface area contributed by atoms with Crippen molar-refractivity contribution in [3.8, 4) is 0 Å². The molecule has 0 aliphatic rings. The number of hydrogen-bond donors (Lipinski definition) is 0. The van der Waals surface area contributed by atoms with Crippen molar-refractivity contribution in [2.45, 2.75) is 6.92 Å². The molecule has 0 unspecified atom stereocenters. The second kappa shape index (κ2) is 5.88. The maximum atomic E-state index is 10.6. The monoisotopic (exact) mass is 181 g/mol. The third kappa shape index (κ3) is 6.68. The molecule has 0 saturated heterocycles. The van der Waals surface area contributed by atoms with E-state index in [4.69, 9.17) is 10.1 Å². The predicted molar refractivity (Wildman–Crippen MR) is 49.4 cm³/mol. The first-order valence-electron chi connectivity index (χ1n) is 3.68. The Morgan fingerprint density at radius 1 is 1.31 bits per heavy atom. The highest BCUT2D eigenvalue weighted by atomic mass is 16.6. The van der Waals surface area contributed by atoms with Crippen molar-refractivity contribution < 1.29 is 9.72 Å². The SMILES string of the molecule is CC(=O)c1ccccc1.C[N+](=O)[O-]. The van der Waals surface area contributed by atoms with Gasteiger partial charge in [0.15, 0.2) is 12.8 Å². The third-order valence-corrected chi connectivity index (χ3v) is 1.18. The van der Waals surface area contributed by atoms with Crippen molar-refractivity contribution in [3.63, 3.8) is 0 Å². The van der Waals surface area contributed by atoms with Crippen molar-refractivity contribution >= 4 is 5.78 Å². The Morgan fingerprint density at radius 3 is 1.92 bits per heavy atom. The predicted octanol–water partition coefficient (Wildman–Crippen LogP) is 1.78. The van der Waals surface area contributed by atoms with Gasteiger partial charge in [-0.25, -0.2) is 0 Å². The van der Waals surface area contributed by atoms with Gasteiger partial charge in [0.2, 0.25) is 0 Å². The van der Waals surface area contributed by atoms with E-state index in [9.17, 15) is 4.79 Å². The largest absolute Gasteiger partial charge is 0.295 e. The number of nitro groups is 1. The molecule has 4 nitrogen and oxygen atoms in total. The number of benzene rings is 1. The number of rotatable bonds is 1. The van der Waals surface area contributed by atoms with Crippen LogP contribution < -0.4 is 0 Å². The first kappa shape index (κ1) is 11.3. The highest BCUT2D eigenvalue weighted by Gasteiger charge is 1.92. The minimum atomic E-state index is -0.500. The standard InChI is InChI=1S/C8H8O.CH3NO2/c1-7(9)8-5-3-2-4-6-8;1-2(3)4/h2-6H,1H3;1H3. The van der Waals surface area contributed by atoms with Crippen LogP contribution in [-0.2, 0) is 0 Å². The summed E-state index contributed by atoms with van der Waals surface area (Å²) in [6.45, 7) is 1.56. The zero-order valence-electron chi connectivity index (χ0n) is 7.56. The molecule has 4 heteroatoms. The lowest BCUT2D eigenvalue weighted by atomic mass is 10.2. The topological polar surface area (TPSA) is 60.2 Å². The summed E-state index contributed by atoms with van der Waals surface area (Å²) in [5.74, 6) is 0.121. The maximum absolute atomic E-state index is 10.6. The van der Waals surface area contributed by atoms with Crippen LogP contribution >= 0.6 is 0 Å². The van der Waals surface area contributed by atoms with E-state index in [1.54, 1.807) is 6.92 Å². The van der Waals surface area contributed by atoms with E-state index in [2.05, 4.69) is 0 Å². The summed E-state index contributed by atoms with van der Waals surface area (Å²) in [5, 5.41) is 8.81. The lowest BCUT2D eigenvalue weighted by Gasteiger charge is -1.89. The Labute approximate surface area is 76.3 Å². The molecule has 0 aliphatic carbocycles. The molecule has 0 aromatic heterocycles. The van der Waals surface area contributed by atoms with Crippen molar-refractivity contribution in [2.75, 3.05) is 7.05 Å². The van der Waals surface area contributed by atoms with Gasteiger partial charge in [-0.15, -0.1) is 0 Å². The summed E-state index contributed by atoms with van der Waals surface area (Å²) >= 11 is 0. The second-order valence-electron chi connectivity index (χ2n) is 2.36. The van der Waals surface area contributed by atoms with E-state index in [-0.39, 0.29) is 5.78 Å². The molecule has 0 bridgehead atoms. The quantitative estimate of drug-likeness (QED) is 0.377. The fourth-order valence-electron chi connectivity index (χ4n) is 0.673. The highest BCUT2D eigenvalue weighted by molar-refractivity contribution is 5.93. The van der Waals surface area contributed by atoms with Gasteiger partial charge in [0.1, 0.15) is 0 Å². The average Bonchev–Trinajstić information content (AvgIpc) is 2.05. The van der Waals surface area contributed by atoms with E-state index in [0.29, 0.717) is 0 Å². The summed E-state index contributed by atoms with van der Waals surface area (Å²) in [7, 11) is 0.889. The van der Waals surface area contributed by atoms with Gasteiger partial charge < -0.3 is 0 Å². The maximum Gasteiger partial charge on any atom is 0.194 e. The molecule has 13 heavy (non-hydrogen) atoms. The highest BCUT2D eigenvalue weighted by Crippen LogP contribution is 1.97. The number of carbonyl (C=O) groups is 1. The molecule has 0 N–H and O–H groups in total. The average molecular weight is 181 g/mol. The van der Waals surface area contributed by atoms with Crippen LogP contribution in [0.5, 0.6) is 0 Å². The first-order valence-corrected chi connectivity index (χ1v) is 3.68. The van der Waals surface area contributed by atoms with Crippen LogP contribution in [-0.4, -0.2) is 17.8 Å². The molecule has 0 radical (unpaired) electrons. The van der Waals surface area contributed by atoms with Crippen molar-refractivity contribution in [3.05, 3.63) is 46.0 Å². The molecule has 0 fully saturated rings. The second-order valence-corrected chi connectivity index (χ2v) is 2.36. The van der Waals surface area contributed by atoms with Crippen LogP contribution in [0.4, 0.5) is 0 Å². The summed E-state index contributed by atoms with van der Waals surface area (Å²) in [5.41, 5.74) is 0.775. The van der Waals surface area contributed by atoms with Gasteiger partial charge in [0, 0.05) is 10.5 Å². The van der Waals surface area contributed by atoms with Crippen LogP contribution in [0.3, 0.4) is 0 Å². The van der Waals surface area contributed by atoms with Crippen LogP contribution in [0.1, 0.15) is 17.3 Å². The van der Waals surface area contributed by atoms with Crippen LogP contribution in [0.2, 0.25) is 0 Å². The molecule has 0 heterocycles. The molecular formula is C9H11NO3. The van der Waals surface area contributed by atoms with E-state index in [1.165, 1.54) is 0 Å². The molecule has 0 spiro atoms. The number of Topliss-reactive ketones (excluding diaryl/α,β-unsaturated/α-hetero) is 1. The van der Waals surface area contributed by atoms with E-state index in [0.717, 1.165) is 12.6 Å². The molecule has 1 rings (SSSR count). The molecule has 0 saturated carbocycles. The van der Waals surface area contributed by atoms with Crippen LogP contribution in [0, 0.1) is 10.1 Å². The van der Waals surface area contributed by atoms with E-state index >= 15 is 0 Å². The van der Waals surface area contributed by atoms with Crippen LogP contribution in [0.15, 0.2) is 30.3 Å². The summed E-state index contributed by atoms with van der Waals surface area (Å²) in [6, 6.07) is 9.23. The summed E-state index contributed by atoms with van der Waals surface area (Å²) in [6.07, 6.45) is 0. The van der Waals surface area contributed by atoms with Gasteiger partial charge in [0.05, 0.1) is 0 Å². The van der Waals surface area contributed by atoms with Crippen molar-refractivity contribution in [1.82, 2.24) is 0 Å². The third-order valence-electron chi connectivity index (χ3n) is 1.18. The number of ketones is 1. The molecule has 70 valence electrons. The van der Waals surface area contributed by atoms with Gasteiger partial charge in [-0.2, -0.15) is 0 Å². The molecule has 1 aromatic rings.